The smallest absolute Gasteiger partial charge is 0.320 e. The van der Waals surface area contributed by atoms with Gasteiger partial charge in [0, 0.05) is 13.1 Å². The van der Waals surface area contributed by atoms with Gasteiger partial charge in [0.15, 0.2) is 0 Å². The summed E-state index contributed by atoms with van der Waals surface area (Å²) in [7, 11) is 1.82. The van der Waals surface area contributed by atoms with Gasteiger partial charge in [-0.25, -0.2) is 4.79 Å². The van der Waals surface area contributed by atoms with Crippen LogP contribution in [0.5, 0.6) is 0 Å². The van der Waals surface area contributed by atoms with E-state index in [2.05, 4.69) is 0 Å². The second-order valence-corrected chi connectivity index (χ2v) is 4.94. The predicted molar refractivity (Wildman–Crippen MR) is 69.2 cm³/mol. The number of nitrogens with zero attached hydrogens (tertiary/aromatic N) is 2. The zero-order chi connectivity index (χ0) is 13.3. The van der Waals surface area contributed by atoms with Crippen LogP contribution >= 0.6 is 0 Å². The van der Waals surface area contributed by atoms with E-state index in [0.29, 0.717) is 13.1 Å². The number of carbonyl (C=O) groups excluding carboxylic acids is 1. The van der Waals surface area contributed by atoms with Crippen molar-refractivity contribution in [2.24, 2.45) is 5.73 Å². The molecule has 0 aromatic carbocycles. The lowest BCUT2D eigenvalue weighted by Gasteiger charge is -2.23. The van der Waals surface area contributed by atoms with Crippen molar-refractivity contribution in [1.82, 2.24) is 9.80 Å². The molecule has 2 heterocycles. The van der Waals surface area contributed by atoms with Crippen LogP contribution in [0.1, 0.15) is 30.9 Å². The summed E-state index contributed by atoms with van der Waals surface area (Å²) in [6.07, 6.45) is 0.823. The number of hydrogen-bond donors (Lipinski definition) is 1. The van der Waals surface area contributed by atoms with E-state index < -0.39 is 0 Å². The van der Waals surface area contributed by atoms with E-state index in [-0.39, 0.29) is 18.1 Å². The van der Waals surface area contributed by atoms with Gasteiger partial charge >= 0.3 is 6.03 Å². The minimum atomic E-state index is 0.00595. The number of rotatable bonds is 4. The van der Waals surface area contributed by atoms with Crippen LogP contribution in [0.2, 0.25) is 0 Å². The third-order valence-electron chi connectivity index (χ3n) is 3.59. The van der Waals surface area contributed by atoms with Crippen LogP contribution in [0.4, 0.5) is 4.79 Å². The zero-order valence-corrected chi connectivity index (χ0v) is 11.2. The highest BCUT2D eigenvalue weighted by atomic mass is 16.3. The molecule has 18 heavy (non-hydrogen) atoms. The van der Waals surface area contributed by atoms with E-state index in [1.165, 1.54) is 0 Å². The lowest BCUT2D eigenvalue weighted by atomic mass is 10.2. The van der Waals surface area contributed by atoms with Crippen molar-refractivity contribution < 1.29 is 9.21 Å². The summed E-state index contributed by atoms with van der Waals surface area (Å²) in [5.41, 5.74) is 5.56. The Morgan fingerprint density at radius 1 is 1.56 bits per heavy atom. The molecule has 2 atom stereocenters. The highest BCUT2D eigenvalue weighted by molar-refractivity contribution is 5.77. The molecule has 5 nitrogen and oxygen atoms in total. The number of nitrogens with two attached hydrogens (primary N) is 1. The molecule has 2 N–H and O–H groups in total. The van der Waals surface area contributed by atoms with Gasteiger partial charge in [-0.05, 0) is 38.9 Å². The predicted octanol–water partition coefficient (Wildman–Crippen LogP) is 1.73. The first-order valence-corrected chi connectivity index (χ1v) is 6.34. The fraction of sp³-hybridized carbons (Fsp3) is 0.615. The van der Waals surface area contributed by atoms with Gasteiger partial charge in [0.25, 0.3) is 0 Å². The molecule has 1 aliphatic heterocycles. The van der Waals surface area contributed by atoms with Crippen LogP contribution in [0.3, 0.4) is 0 Å². The van der Waals surface area contributed by atoms with Crippen molar-refractivity contribution in [2.75, 3.05) is 20.1 Å². The minimum absolute atomic E-state index is 0.00595. The first kappa shape index (κ1) is 13.0. The molecule has 2 rings (SSSR count). The molecule has 1 fully saturated rings. The first-order chi connectivity index (χ1) is 8.54. The average Bonchev–Trinajstić information content (AvgIpc) is 2.86. The van der Waals surface area contributed by atoms with Gasteiger partial charge < -0.3 is 20.0 Å². The molecule has 1 saturated heterocycles. The number of furan rings is 1. The highest BCUT2D eigenvalue weighted by Crippen LogP contribution is 2.30. The van der Waals surface area contributed by atoms with Crippen molar-refractivity contribution in [3.8, 4) is 0 Å². The van der Waals surface area contributed by atoms with Gasteiger partial charge in [0.05, 0.1) is 6.54 Å². The lowest BCUT2D eigenvalue weighted by molar-refractivity contribution is 0.182. The summed E-state index contributed by atoms with van der Waals surface area (Å²) >= 11 is 0. The van der Waals surface area contributed by atoms with Gasteiger partial charge in [-0.3, -0.25) is 0 Å². The quantitative estimate of drug-likeness (QED) is 0.886. The Balaban J connectivity index is 2.14. The van der Waals surface area contributed by atoms with E-state index in [1.54, 1.807) is 4.90 Å². The number of aryl methyl sites for hydroxylation is 1. The van der Waals surface area contributed by atoms with Crippen molar-refractivity contribution in [2.45, 2.75) is 32.4 Å². The molecular weight excluding hydrogens is 230 g/mol. The zero-order valence-electron chi connectivity index (χ0n) is 11.2. The first-order valence-electron chi connectivity index (χ1n) is 6.34. The molecule has 100 valence electrons. The van der Waals surface area contributed by atoms with Gasteiger partial charge in [-0.15, -0.1) is 0 Å². The molecule has 0 spiro atoms. The SMILES string of the molecule is Cc1ccc(C2CN(C(C)CCN)C(=O)N2C)o1. The Kier molecular flexibility index (Phi) is 3.61. The van der Waals surface area contributed by atoms with Crippen molar-refractivity contribution in [1.29, 1.82) is 0 Å². The Labute approximate surface area is 108 Å². The summed E-state index contributed by atoms with van der Waals surface area (Å²) in [6.45, 7) is 5.21. The standard InChI is InChI=1S/C13H21N3O2/c1-9(6-7-14)16-8-11(15(3)13(16)17)12-5-4-10(2)18-12/h4-5,9,11H,6-8,14H2,1-3H3. The second-order valence-electron chi connectivity index (χ2n) is 4.94. The molecule has 5 heteroatoms. The third kappa shape index (κ3) is 2.22. The summed E-state index contributed by atoms with van der Waals surface area (Å²) in [6, 6.07) is 4.10. The van der Waals surface area contributed by atoms with E-state index in [0.717, 1.165) is 17.9 Å². The molecule has 1 aromatic heterocycles. The molecule has 1 aromatic rings. The molecule has 2 amide bonds. The highest BCUT2D eigenvalue weighted by Gasteiger charge is 2.39. The lowest BCUT2D eigenvalue weighted by Crippen LogP contribution is -2.37. The Morgan fingerprint density at radius 2 is 2.28 bits per heavy atom. The number of carbonyl (C=O) groups is 1. The average molecular weight is 251 g/mol. The van der Waals surface area contributed by atoms with Crippen LogP contribution in [-0.4, -0.2) is 42.0 Å². The topological polar surface area (TPSA) is 62.7 Å². The van der Waals surface area contributed by atoms with E-state index in [9.17, 15) is 4.79 Å². The summed E-state index contributed by atoms with van der Waals surface area (Å²) < 4.78 is 5.63. The van der Waals surface area contributed by atoms with E-state index >= 15 is 0 Å². The van der Waals surface area contributed by atoms with Gasteiger partial charge in [-0.2, -0.15) is 0 Å². The Bertz CT molecular complexity index is 430. The van der Waals surface area contributed by atoms with Crippen molar-refractivity contribution >= 4 is 6.03 Å². The van der Waals surface area contributed by atoms with Crippen LogP contribution < -0.4 is 5.73 Å². The van der Waals surface area contributed by atoms with E-state index in [4.69, 9.17) is 10.2 Å². The summed E-state index contributed by atoms with van der Waals surface area (Å²) in [5.74, 6) is 1.73. The van der Waals surface area contributed by atoms with E-state index in [1.807, 2.05) is 37.9 Å². The normalized spacial score (nSPS) is 21.8. The maximum absolute atomic E-state index is 12.2. The molecule has 2 unspecified atom stereocenters. The fourth-order valence-electron chi connectivity index (χ4n) is 2.40. The molecule has 0 radical (unpaired) electrons. The molecule has 1 aliphatic rings. The Hall–Kier alpha value is -1.49. The van der Waals surface area contributed by atoms with Crippen LogP contribution in [0.15, 0.2) is 16.5 Å². The Morgan fingerprint density at radius 3 is 2.83 bits per heavy atom. The van der Waals surface area contributed by atoms with Gasteiger partial charge in [0.1, 0.15) is 17.6 Å². The number of amides is 2. The summed E-state index contributed by atoms with van der Waals surface area (Å²) in [4.78, 5) is 15.8. The van der Waals surface area contributed by atoms with Gasteiger partial charge in [0.2, 0.25) is 0 Å². The molecular formula is C13H21N3O2. The third-order valence-corrected chi connectivity index (χ3v) is 3.59. The van der Waals surface area contributed by atoms with Crippen molar-refractivity contribution in [3.63, 3.8) is 0 Å². The number of urea groups is 1. The second kappa shape index (κ2) is 5.02. The minimum Gasteiger partial charge on any atom is -0.464 e. The fourth-order valence-corrected chi connectivity index (χ4v) is 2.40. The largest absolute Gasteiger partial charge is 0.464 e. The number of likely N-dealkylation sites (N-methyl/N-ethyl adjacent to an activating group) is 1. The molecule has 0 bridgehead atoms. The number of hydrogen-bond acceptors (Lipinski definition) is 3. The molecule has 0 saturated carbocycles. The molecule has 0 aliphatic carbocycles. The summed E-state index contributed by atoms with van der Waals surface area (Å²) in [5, 5.41) is 0. The van der Waals surface area contributed by atoms with Gasteiger partial charge in [-0.1, -0.05) is 0 Å². The monoisotopic (exact) mass is 251 g/mol. The maximum atomic E-state index is 12.2. The van der Waals surface area contributed by atoms with Crippen molar-refractivity contribution in [3.05, 3.63) is 23.7 Å². The maximum Gasteiger partial charge on any atom is 0.320 e. The van der Waals surface area contributed by atoms with Crippen LogP contribution in [-0.2, 0) is 0 Å². The van der Waals surface area contributed by atoms with Crippen LogP contribution in [0.25, 0.3) is 0 Å². The van der Waals surface area contributed by atoms with Crippen LogP contribution in [0, 0.1) is 6.92 Å².